The van der Waals surface area contributed by atoms with E-state index in [0.717, 1.165) is 32.4 Å². The number of amides is 2. The number of nitrogens with one attached hydrogen (secondary N) is 1. The third kappa shape index (κ3) is 4.31. The molecule has 1 aromatic carbocycles. The van der Waals surface area contributed by atoms with Gasteiger partial charge in [0.1, 0.15) is 0 Å². The van der Waals surface area contributed by atoms with Gasteiger partial charge in [-0.15, -0.1) is 0 Å². The molecular weight excluding hydrogens is 264 g/mol. The minimum Gasteiger partial charge on any atom is -0.352 e. The van der Waals surface area contributed by atoms with Crippen LogP contribution >= 0.6 is 0 Å². The Kier molecular flexibility index (Phi) is 5.37. The molecule has 1 aliphatic rings. The lowest BCUT2D eigenvalue weighted by Crippen LogP contribution is -2.37. The summed E-state index contributed by atoms with van der Waals surface area (Å²) in [7, 11) is 0. The highest BCUT2D eigenvalue weighted by Gasteiger charge is 2.20. The fourth-order valence-corrected chi connectivity index (χ4v) is 2.84. The minimum absolute atomic E-state index is 0.0150. The van der Waals surface area contributed by atoms with Gasteiger partial charge in [0.05, 0.1) is 0 Å². The second-order valence-corrected chi connectivity index (χ2v) is 5.71. The molecule has 4 heteroatoms. The summed E-state index contributed by atoms with van der Waals surface area (Å²) in [5.41, 5.74) is 1.98. The Labute approximate surface area is 126 Å². The molecule has 114 valence electrons. The number of carbonyl (C=O) groups excluding carboxylic acids is 2. The Balaban J connectivity index is 1.87. The van der Waals surface area contributed by atoms with E-state index >= 15 is 0 Å². The summed E-state index contributed by atoms with van der Waals surface area (Å²) in [5, 5.41) is 2.80. The van der Waals surface area contributed by atoms with Crippen LogP contribution in [0.5, 0.6) is 0 Å². The lowest BCUT2D eigenvalue weighted by Gasteiger charge is -2.31. The van der Waals surface area contributed by atoms with E-state index in [1.807, 2.05) is 36.1 Å². The van der Waals surface area contributed by atoms with Gasteiger partial charge in [0.2, 0.25) is 5.91 Å². The zero-order valence-electron chi connectivity index (χ0n) is 12.9. The van der Waals surface area contributed by atoms with Crippen LogP contribution in [0.1, 0.15) is 42.6 Å². The largest absolute Gasteiger partial charge is 0.352 e. The van der Waals surface area contributed by atoms with Crippen LogP contribution in [0.4, 0.5) is 0 Å². The number of rotatable bonds is 4. The average molecular weight is 288 g/mol. The number of likely N-dealkylation sites (tertiary alicyclic amines) is 1. The van der Waals surface area contributed by atoms with E-state index in [1.165, 1.54) is 5.56 Å². The molecule has 1 aliphatic heterocycles. The normalized spacial score (nSPS) is 15.8. The molecular formula is C17H24N2O2. The van der Waals surface area contributed by atoms with Crippen molar-refractivity contribution < 1.29 is 9.59 Å². The Morgan fingerprint density at radius 1 is 1.19 bits per heavy atom. The predicted octanol–water partition coefficient (Wildman–Crippen LogP) is 2.24. The maximum atomic E-state index is 11.7. The molecule has 0 saturated carbocycles. The fraction of sp³-hybridized carbons (Fsp3) is 0.529. The SMILES string of the molecule is CCNC(=O)c1ccc(CC2CCN(C(C)=O)CC2)cc1. The van der Waals surface area contributed by atoms with Crippen molar-refractivity contribution in [3.05, 3.63) is 35.4 Å². The highest BCUT2D eigenvalue weighted by atomic mass is 16.2. The van der Waals surface area contributed by atoms with Crippen LogP contribution in [0.15, 0.2) is 24.3 Å². The van der Waals surface area contributed by atoms with Gasteiger partial charge >= 0.3 is 0 Å². The number of nitrogens with zero attached hydrogens (tertiary/aromatic N) is 1. The molecule has 1 saturated heterocycles. The first-order valence-corrected chi connectivity index (χ1v) is 7.72. The third-order valence-corrected chi connectivity index (χ3v) is 4.14. The van der Waals surface area contributed by atoms with Gasteiger partial charge in [-0.1, -0.05) is 12.1 Å². The van der Waals surface area contributed by atoms with Gasteiger partial charge in [-0.2, -0.15) is 0 Å². The Morgan fingerprint density at radius 2 is 1.81 bits per heavy atom. The van der Waals surface area contributed by atoms with Gasteiger partial charge in [-0.25, -0.2) is 0 Å². The van der Waals surface area contributed by atoms with Gasteiger partial charge in [-0.3, -0.25) is 9.59 Å². The Hall–Kier alpha value is -1.84. The molecule has 0 aromatic heterocycles. The summed E-state index contributed by atoms with van der Waals surface area (Å²) in [6.07, 6.45) is 3.16. The molecule has 1 fully saturated rings. The van der Waals surface area contributed by atoms with Crippen molar-refractivity contribution in [1.82, 2.24) is 10.2 Å². The first-order chi connectivity index (χ1) is 10.1. The molecule has 0 atom stereocenters. The molecule has 2 rings (SSSR count). The van der Waals surface area contributed by atoms with E-state index in [-0.39, 0.29) is 11.8 Å². The quantitative estimate of drug-likeness (QED) is 0.923. The van der Waals surface area contributed by atoms with Crippen molar-refractivity contribution in [2.45, 2.75) is 33.1 Å². The Bertz CT molecular complexity index is 488. The van der Waals surface area contributed by atoms with E-state index < -0.39 is 0 Å². The zero-order valence-corrected chi connectivity index (χ0v) is 12.9. The van der Waals surface area contributed by atoms with Gasteiger partial charge in [0.25, 0.3) is 5.91 Å². The van der Waals surface area contributed by atoms with Gasteiger partial charge in [0.15, 0.2) is 0 Å². The Morgan fingerprint density at radius 3 is 2.33 bits per heavy atom. The zero-order chi connectivity index (χ0) is 15.2. The molecule has 0 radical (unpaired) electrons. The average Bonchev–Trinajstić information content (AvgIpc) is 2.49. The lowest BCUT2D eigenvalue weighted by molar-refractivity contribution is -0.130. The molecule has 1 aromatic rings. The fourth-order valence-electron chi connectivity index (χ4n) is 2.84. The summed E-state index contributed by atoms with van der Waals surface area (Å²) in [6.45, 7) is 5.95. The van der Waals surface area contributed by atoms with Crippen molar-refractivity contribution >= 4 is 11.8 Å². The number of carbonyl (C=O) groups is 2. The molecule has 1 N–H and O–H groups in total. The standard InChI is InChI=1S/C17H24N2O2/c1-3-18-17(21)16-6-4-14(5-7-16)12-15-8-10-19(11-9-15)13(2)20/h4-7,15H,3,8-12H2,1-2H3,(H,18,21). The first kappa shape index (κ1) is 15.5. The highest BCUT2D eigenvalue weighted by molar-refractivity contribution is 5.94. The van der Waals surface area contributed by atoms with Gasteiger partial charge in [-0.05, 0) is 49.8 Å². The third-order valence-electron chi connectivity index (χ3n) is 4.14. The summed E-state index contributed by atoms with van der Waals surface area (Å²) in [6, 6.07) is 7.87. The number of hydrogen-bond acceptors (Lipinski definition) is 2. The predicted molar refractivity (Wildman–Crippen MR) is 83.1 cm³/mol. The second-order valence-electron chi connectivity index (χ2n) is 5.71. The summed E-state index contributed by atoms with van der Waals surface area (Å²) in [4.78, 5) is 24.9. The first-order valence-electron chi connectivity index (χ1n) is 7.72. The van der Waals surface area contributed by atoms with Crippen molar-refractivity contribution in [3.63, 3.8) is 0 Å². The van der Waals surface area contributed by atoms with Crippen LogP contribution in [0.3, 0.4) is 0 Å². The van der Waals surface area contributed by atoms with E-state index in [4.69, 9.17) is 0 Å². The van der Waals surface area contributed by atoms with Crippen molar-refractivity contribution in [2.75, 3.05) is 19.6 Å². The molecule has 1 heterocycles. The minimum atomic E-state index is -0.0150. The van der Waals surface area contributed by atoms with Crippen LogP contribution < -0.4 is 5.32 Å². The number of piperidine rings is 1. The monoisotopic (exact) mass is 288 g/mol. The highest BCUT2D eigenvalue weighted by Crippen LogP contribution is 2.22. The van der Waals surface area contributed by atoms with Crippen LogP contribution in [0.25, 0.3) is 0 Å². The summed E-state index contributed by atoms with van der Waals surface area (Å²) >= 11 is 0. The second kappa shape index (κ2) is 7.25. The summed E-state index contributed by atoms with van der Waals surface area (Å²) < 4.78 is 0. The van der Waals surface area contributed by atoms with E-state index in [2.05, 4.69) is 5.32 Å². The smallest absolute Gasteiger partial charge is 0.251 e. The van der Waals surface area contributed by atoms with E-state index in [1.54, 1.807) is 6.92 Å². The molecule has 0 aliphatic carbocycles. The van der Waals surface area contributed by atoms with Crippen molar-refractivity contribution in [1.29, 1.82) is 0 Å². The molecule has 0 spiro atoms. The number of benzene rings is 1. The maximum Gasteiger partial charge on any atom is 0.251 e. The van der Waals surface area contributed by atoms with Gasteiger partial charge < -0.3 is 10.2 Å². The van der Waals surface area contributed by atoms with Crippen molar-refractivity contribution in [3.8, 4) is 0 Å². The summed E-state index contributed by atoms with van der Waals surface area (Å²) in [5.74, 6) is 0.800. The van der Waals surface area contributed by atoms with Gasteiger partial charge in [0, 0.05) is 32.1 Å². The van der Waals surface area contributed by atoms with Crippen LogP contribution in [0.2, 0.25) is 0 Å². The lowest BCUT2D eigenvalue weighted by atomic mass is 9.90. The van der Waals surface area contributed by atoms with Crippen LogP contribution in [-0.2, 0) is 11.2 Å². The topological polar surface area (TPSA) is 49.4 Å². The van der Waals surface area contributed by atoms with Crippen LogP contribution in [0, 0.1) is 5.92 Å². The molecule has 0 bridgehead atoms. The molecule has 2 amide bonds. The van der Waals surface area contributed by atoms with Crippen LogP contribution in [-0.4, -0.2) is 36.3 Å². The molecule has 4 nitrogen and oxygen atoms in total. The molecule has 0 unspecified atom stereocenters. The van der Waals surface area contributed by atoms with E-state index in [9.17, 15) is 9.59 Å². The van der Waals surface area contributed by atoms with Crippen molar-refractivity contribution in [2.24, 2.45) is 5.92 Å². The van der Waals surface area contributed by atoms with E-state index in [0.29, 0.717) is 18.0 Å². The maximum absolute atomic E-state index is 11.7. The number of hydrogen-bond donors (Lipinski definition) is 1. The molecule has 21 heavy (non-hydrogen) atoms.